The Labute approximate surface area is 161 Å². The van der Waals surface area contributed by atoms with Gasteiger partial charge in [0, 0.05) is 17.1 Å². The van der Waals surface area contributed by atoms with Crippen LogP contribution in [0.25, 0.3) is 0 Å². The Hall–Kier alpha value is -2.80. The first-order valence-corrected chi connectivity index (χ1v) is 9.72. The molecule has 0 saturated carbocycles. The zero-order valence-corrected chi connectivity index (χ0v) is 16.0. The van der Waals surface area contributed by atoms with Crippen LogP contribution in [0.4, 0.5) is 0 Å². The van der Waals surface area contributed by atoms with Crippen molar-refractivity contribution in [2.45, 2.75) is 26.0 Å². The molecule has 2 aromatic heterocycles. The highest BCUT2D eigenvalue weighted by Crippen LogP contribution is 2.31. The largest absolute Gasteiger partial charge is 0.485 e. The van der Waals surface area contributed by atoms with Gasteiger partial charge in [-0.05, 0) is 43.5 Å². The van der Waals surface area contributed by atoms with Gasteiger partial charge in [-0.1, -0.05) is 18.2 Å². The number of aryl methyl sites for hydroxylation is 2. The SMILES string of the molecule is Cc1cc(C)n(C(CNC(=O)C2COc3ccccc3O2)c2cccs2)n1. The monoisotopic (exact) mass is 383 g/mol. The molecule has 2 unspecified atom stereocenters. The molecule has 6 nitrogen and oxygen atoms in total. The van der Waals surface area contributed by atoms with Crippen molar-refractivity contribution < 1.29 is 14.3 Å². The van der Waals surface area contributed by atoms with Crippen LogP contribution in [-0.2, 0) is 4.79 Å². The molecule has 7 heteroatoms. The average molecular weight is 383 g/mol. The average Bonchev–Trinajstić information content (AvgIpc) is 3.31. The maximum Gasteiger partial charge on any atom is 0.264 e. The molecule has 4 rings (SSSR count). The number of aromatic nitrogens is 2. The Morgan fingerprint density at radius 2 is 2.11 bits per heavy atom. The molecule has 3 aromatic rings. The second-order valence-corrected chi connectivity index (χ2v) is 7.49. The molecule has 2 atom stereocenters. The number of fused-ring (bicyclic) bond motifs is 1. The maximum absolute atomic E-state index is 12.7. The molecule has 140 valence electrons. The lowest BCUT2D eigenvalue weighted by Crippen LogP contribution is -2.45. The molecule has 0 spiro atoms. The van der Waals surface area contributed by atoms with E-state index in [1.165, 1.54) is 0 Å². The second kappa shape index (κ2) is 7.44. The van der Waals surface area contributed by atoms with Crippen molar-refractivity contribution in [3.8, 4) is 11.5 Å². The lowest BCUT2D eigenvalue weighted by Gasteiger charge is -2.26. The van der Waals surface area contributed by atoms with E-state index in [9.17, 15) is 4.79 Å². The minimum absolute atomic E-state index is 0.0561. The number of amides is 1. The molecular formula is C20H21N3O3S. The van der Waals surface area contributed by atoms with Gasteiger partial charge in [0.1, 0.15) is 12.6 Å². The third-order valence-electron chi connectivity index (χ3n) is 4.48. The van der Waals surface area contributed by atoms with E-state index in [1.807, 2.05) is 54.2 Å². The van der Waals surface area contributed by atoms with E-state index in [0.717, 1.165) is 16.3 Å². The molecule has 1 aromatic carbocycles. The summed E-state index contributed by atoms with van der Waals surface area (Å²) < 4.78 is 13.4. The van der Waals surface area contributed by atoms with Crippen LogP contribution in [0.1, 0.15) is 22.3 Å². The van der Waals surface area contributed by atoms with Gasteiger partial charge in [-0.15, -0.1) is 11.3 Å². The van der Waals surface area contributed by atoms with Gasteiger partial charge in [-0.3, -0.25) is 9.48 Å². The van der Waals surface area contributed by atoms with Crippen molar-refractivity contribution in [1.29, 1.82) is 0 Å². The molecule has 3 heterocycles. The van der Waals surface area contributed by atoms with E-state index in [0.29, 0.717) is 18.0 Å². The number of nitrogens with one attached hydrogen (secondary N) is 1. The third kappa shape index (κ3) is 3.68. The van der Waals surface area contributed by atoms with Crippen LogP contribution in [0.5, 0.6) is 11.5 Å². The van der Waals surface area contributed by atoms with Crippen molar-refractivity contribution >= 4 is 17.2 Å². The zero-order chi connectivity index (χ0) is 18.8. The quantitative estimate of drug-likeness (QED) is 0.735. The fraction of sp³-hybridized carbons (Fsp3) is 0.300. The summed E-state index contributed by atoms with van der Waals surface area (Å²) in [7, 11) is 0. The van der Waals surface area contributed by atoms with Crippen molar-refractivity contribution in [3.63, 3.8) is 0 Å². The number of hydrogen-bond acceptors (Lipinski definition) is 5. The molecule has 1 aliphatic heterocycles. The Bertz CT molecular complexity index is 936. The smallest absolute Gasteiger partial charge is 0.264 e. The minimum atomic E-state index is -0.663. The number of para-hydroxylation sites is 2. The van der Waals surface area contributed by atoms with Gasteiger partial charge in [0.05, 0.1) is 5.69 Å². The zero-order valence-electron chi connectivity index (χ0n) is 15.2. The van der Waals surface area contributed by atoms with E-state index in [2.05, 4.69) is 16.5 Å². The van der Waals surface area contributed by atoms with Gasteiger partial charge < -0.3 is 14.8 Å². The highest BCUT2D eigenvalue weighted by Gasteiger charge is 2.28. The van der Waals surface area contributed by atoms with Crippen LogP contribution < -0.4 is 14.8 Å². The van der Waals surface area contributed by atoms with Crippen LogP contribution in [0.3, 0.4) is 0 Å². The Balaban J connectivity index is 1.47. The molecule has 0 fully saturated rings. The van der Waals surface area contributed by atoms with Crippen LogP contribution in [0, 0.1) is 13.8 Å². The molecule has 0 saturated heterocycles. The number of benzene rings is 1. The number of carbonyl (C=O) groups is 1. The summed E-state index contributed by atoms with van der Waals surface area (Å²) in [5.41, 5.74) is 2.02. The number of nitrogens with zero attached hydrogens (tertiary/aromatic N) is 2. The van der Waals surface area contributed by atoms with Crippen LogP contribution in [-0.4, -0.2) is 34.9 Å². The molecule has 0 bridgehead atoms. The lowest BCUT2D eigenvalue weighted by atomic mass is 10.2. The summed E-state index contributed by atoms with van der Waals surface area (Å²) in [6.07, 6.45) is -0.663. The van der Waals surface area contributed by atoms with Crippen molar-refractivity contribution in [3.05, 3.63) is 64.1 Å². The van der Waals surface area contributed by atoms with E-state index in [-0.39, 0.29) is 18.6 Å². The molecule has 0 radical (unpaired) electrons. The van der Waals surface area contributed by atoms with Crippen LogP contribution in [0.2, 0.25) is 0 Å². The minimum Gasteiger partial charge on any atom is -0.485 e. The van der Waals surface area contributed by atoms with Gasteiger partial charge in [-0.2, -0.15) is 5.10 Å². The highest BCUT2D eigenvalue weighted by molar-refractivity contribution is 7.10. The van der Waals surface area contributed by atoms with Gasteiger partial charge in [0.2, 0.25) is 6.10 Å². The number of rotatable bonds is 5. The van der Waals surface area contributed by atoms with Crippen molar-refractivity contribution in [1.82, 2.24) is 15.1 Å². The fourth-order valence-electron chi connectivity index (χ4n) is 3.21. The van der Waals surface area contributed by atoms with Gasteiger partial charge >= 0.3 is 0 Å². The predicted molar refractivity (Wildman–Crippen MR) is 104 cm³/mol. The number of hydrogen-bond donors (Lipinski definition) is 1. The predicted octanol–water partition coefficient (Wildman–Crippen LogP) is 3.11. The fourth-order valence-corrected chi connectivity index (χ4v) is 4.02. The lowest BCUT2D eigenvalue weighted by molar-refractivity contribution is -0.130. The van der Waals surface area contributed by atoms with Crippen molar-refractivity contribution in [2.24, 2.45) is 0 Å². The van der Waals surface area contributed by atoms with E-state index >= 15 is 0 Å². The maximum atomic E-state index is 12.7. The van der Waals surface area contributed by atoms with Crippen LogP contribution >= 0.6 is 11.3 Å². The van der Waals surface area contributed by atoms with E-state index < -0.39 is 6.10 Å². The molecule has 27 heavy (non-hydrogen) atoms. The first-order valence-electron chi connectivity index (χ1n) is 8.84. The van der Waals surface area contributed by atoms with Crippen molar-refractivity contribution in [2.75, 3.05) is 13.2 Å². The summed E-state index contributed by atoms with van der Waals surface area (Å²) in [5.74, 6) is 1.07. The molecule has 0 aliphatic carbocycles. The van der Waals surface area contributed by atoms with Gasteiger partial charge in [0.25, 0.3) is 5.91 Å². The normalized spacial score (nSPS) is 16.7. The third-order valence-corrected chi connectivity index (χ3v) is 5.46. The van der Waals surface area contributed by atoms with Gasteiger partial charge in [0.15, 0.2) is 11.5 Å². The topological polar surface area (TPSA) is 65.4 Å². The summed E-state index contributed by atoms with van der Waals surface area (Å²) in [6.45, 7) is 4.63. The first kappa shape index (κ1) is 17.6. The summed E-state index contributed by atoms with van der Waals surface area (Å²) in [4.78, 5) is 13.8. The number of carbonyl (C=O) groups excluding carboxylic acids is 1. The van der Waals surface area contributed by atoms with E-state index in [4.69, 9.17) is 9.47 Å². The number of ether oxygens (including phenoxy) is 2. The first-order chi connectivity index (χ1) is 13.1. The Kier molecular flexibility index (Phi) is 4.85. The Morgan fingerprint density at radius 3 is 2.81 bits per heavy atom. The summed E-state index contributed by atoms with van der Waals surface area (Å²) in [6, 6.07) is 13.4. The summed E-state index contributed by atoms with van der Waals surface area (Å²) in [5, 5.41) is 9.64. The van der Waals surface area contributed by atoms with Crippen LogP contribution in [0.15, 0.2) is 47.8 Å². The molecule has 1 N–H and O–H groups in total. The Morgan fingerprint density at radius 1 is 1.30 bits per heavy atom. The second-order valence-electron chi connectivity index (χ2n) is 6.51. The standard InChI is InChI=1S/C20H21N3O3S/c1-13-10-14(2)23(22-13)15(19-8-5-9-27-19)11-21-20(24)18-12-25-16-6-3-4-7-17(16)26-18/h3-10,15,18H,11-12H2,1-2H3,(H,21,24). The van der Waals surface area contributed by atoms with E-state index in [1.54, 1.807) is 17.4 Å². The highest BCUT2D eigenvalue weighted by atomic mass is 32.1. The molecule has 1 aliphatic rings. The molecule has 1 amide bonds. The molecular weight excluding hydrogens is 362 g/mol. The van der Waals surface area contributed by atoms with Gasteiger partial charge in [-0.25, -0.2) is 0 Å². The summed E-state index contributed by atoms with van der Waals surface area (Å²) >= 11 is 1.65. The number of thiophene rings is 1.